The van der Waals surface area contributed by atoms with Gasteiger partial charge < -0.3 is 0 Å². The summed E-state index contributed by atoms with van der Waals surface area (Å²) in [5.41, 5.74) is 1.78. The molecule has 0 radical (unpaired) electrons. The van der Waals surface area contributed by atoms with Crippen LogP contribution >= 0.6 is 22.7 Å². The highest BCUT2D eigenvalue weighted by Crippen LogP contribution is 2.28. The van der Waals surface area contributed by atoms with Crippen LogP contribution in [0.25, 0.3) is 28.1 Å². The van der Waals surface area contributed by atoms with Gasteiger partial charge in [0, 0.05) is 28.0 Å². The van der Waals surface area contributed by atoms with E-state index in [0.29, 0.717) is 10.0 Å². The molecular formula is C20H13N3O3S2. The first-order valence-electron chi connectivity index (χ1n) is 8.26. The minimum atomic E-state index is -0.452. The van der Waals surface area contributed by atoms with E-state index in [1.54, 1.807) is 12.1 Å². The van der Waals surface area contributed by atoms with Crippen LogP contribution in [0.2, 0.25) is 0 Å². The van der Waals surface area contributed by atoms with E-state index in [1.165, 1.54) is 23.5 Å². The predicted molar refractivity (Wildman–Crippen MR) is 114 cm³/mol. The molecule has 2 aromatic heterocycles. The normalized spacial score (nSPS) is 11.1. The number of benzene rings is 2. The number of nitro groups is 1. The SMILES string of the molecule is O=C(C=Cc1ccc([N+](=O)[O-])s1)Nc1nc(-c2ccc3ccccc3c2)cs1. The Morgan fingerprint density at radius 3 is 2.71 bits per heavy atom. The van der Waals surface area contributed by atoms with E-state index < -0.39 is 4.92 Å². The lowest BCUT2D eigenvalue weighted by Gasteiger charge is -2.01. The van der Waals surface area contributed by atoms with E-state index >= 15 is 0 Å². The summed E-state index contributed by atoms with van der Waals surface area (Å²) in [6.07, 6.45) is 2.89. The number of fused-ring (bicyclic) bond motifs is 1. The van der Waals surface area contributed by atoms with Gasteiger partial charge in [0.1, 0.15) is 0 Å². The fraction of sp³-hybridized carbons (Fsp3) is 0. The second kappa shape index (κ2) is 7.71. The van der Waals surface area contributed by atoms with Crippen molar-refractivity contribution in [1.29, 1.82) is 0 Å². The number of hydrogen-bond donors (Lipinski definition) is 1. The van der Waals surface area contributed by atoms with Crippen molar-refractivity contribution in [3.8, 4) is 11.3 Å². The van der Waals surface area contributed by atoms with E-state index in [4.69, 9.17) is 0 Å². The summed E-state index contributed by atoms with van der Waals surface area (Å²) in [7, 11) is 0. The second-order valence-electron chi connectivity index (χ2n) is 5.86. The Balaban J connectivity index is 1.45. The van der Waals surface area contributed by atoms with Gasteiger partial charge in [-0.05, 0) is 29.0 Å². The Morgan fingerprint density at radius 2 is 1.93 bits per heavy atom. The van der Waals surface area contributed by atoms with Crippen LogP contribution in [0.4, 0.5) is 10.1 Å². The fourth-order valence-electron chi connectivity index (χ4n) is 2.65. The van der Waals surface area contributed by atoms with Crippen LogP contribution in [0, 0.1) is 10.1 Å². The van der Waals surface area contributed by atoms with Gasteiger partial charge >= 0.3 is 5.00 Å². The summed E-state index contributed by atoms with van der Waals surface area (Å²) in [6, 6.07) is 17.2. The Morgan fingerprint density at radius 1 is 1.11 bits per heavy atom. The number of thiazole rings is 1. The molecule has 28 heavy (non-hydrogen) atoms. The van der Waals surface area contributed by atoms with Gasteiger partial charge in [-0.2, -0.15) is 0 Å². The van der Waals surface area contributed by atoms with Gasteiger partial charge in [0.05, 0.1) is 10.6 Å². The maximum atomic E-state index is 12.1. The third kappa shape index (κ3) is 3.98. The lowest BCUT2D eigenvalue weighted by atomic mass is 10.1. The maximum absolute atomic E-state index is 12.1. The summed E-state index contributed by atoms with van der Waals surface area (Å²) < 4.78 is 0. The van der Waals surface area contributed by atoms with Crippen LogP contribution in [0.1, 0.15) is 4.88 Å². The highest BCUT2D eigenvalue weighted by atomic mass is 32.1. The van der Waals surface area contributed by atoms with Gasteiger partial charge in [0.15, 0.2) is 5.13 Å². The molecule has 1 amide bonds. The summed E-state index contributed by atoms with van der Waals surface area (Å²) >= 11 is 2.36. The Hall–Kier alpha value is -3.36. The lowest BCUT2D eigenvalue weighted by Crippen LogP contribution is -2.07. The van der Waals surface area contributed by atoms with Gasteiger partial charge in [0.25, 0.3) is 0 Å². The molecule has 4 rings (SSSR count). The van der Waals surface area contributed by atoms with Gasteiger partial charge in [-0.15, -0.1) is 11.3 Å². The van der Waals surface area contributed by atoms with Crippen LogP contribution in [-0.4, -0.2) is 15.8 Å². The molecule has 8 heteroatoms. The largest absolute Gasteiger partial charge is 0.324 e. The van der Waals surface area contributed by atoms with Crippen molar-refractivity contribution in [2.45, 2.75) is 0 Å². The van der Waals surface area contributed by atoms with E-state index in [2.05, 4.69) is 22.4 Å². The third-order valence-corrected chi connectivity index (χ3v) is 5.73. The molecule has 0 unspecified atom stereocenters. The van der Waals surface area contributed by atoms with E-state index in [0.717, 1.165) is 33.4 Å². The fourth-order valence-corrected chi connectivity index (χ4v) is 4.09. The van der Waals surface area contributed by atoms with Gasteiger partial charge in [-0.25, -0.2) is 4.98 Å². The average molecular weight is 407 g/mol. The summed E-state index contributed by atoms with van der Waals surface area (Å²) in [5, 5.41) is 18.1. The van der Waals surface area contributed by atoms with Crippen LogP contribution < -0.4 is 5.32 Å². The molecule has 138 valence electrons. The number of aromatic nitrogens is 1. The number of nitrogens with one attached hydrogen (secondary N) is 1. The number of carbonyl (C=O) groups is 1. The number of anilines is 1. The molecule has 0 aliphatic carbocycles. The van der Waals surface area contributed by atoms with E-state index in [-0.39, 0.29) is 10.9 Å². The molecule has 1 N–H and O–H groups in total. The van der Waals surface area contributed by atoms with Gasteiger partial charge in [-0.3, -0.25) is 20.2 Å². The molecule has 0 atom stereocenters. The smallest absolute Gasteiger partial charge is 0.298 e. The molecule has 0 aliphatic heterocycles. The van der Waals surface area contributed by atoms with Gasteiger partial charge in [-0.1, -0.05) is 47.7 Å². The van der Waals surface area contributed by atoms with Crippen LogP contribution in [0.3, 0.4) is 0 Å². The summed E-state index contributed by atoms with van der Waals surface area (Å²) in [5.74, 6) is -0.338. The topological polar surface area (TPSA) is 85.1 Å². The summed E-state index contributed by atoms with van der Waals surface area (Å²) in [4.78, 5) is 27.4. The highest BCUT2D eigenvalue weighted by Gasteiger charge is 2.09. The Bertz CT molecular complexity index is 1210. The molecule has 4 aromatic rings. The molecule has 0 aliphatic rings. The first-order valence-corrected chi connectivity index (χ1v) is 9.96. The monoisotopic (exact) mass is 407 g/mol. The number of thiophene rings is 1. The van der Waals surface area contributed by atoms with Crippen molar-refractivity contribution in [2.75, 3.05) is 5.32 Å². The van der Waals surface area contributed by atoms with Crippen LogP contribution in [0.5, 0.6) is 0 Å². The minimum Gasteiger partial charge on any atom is -0.298 e. The van der Waals surface area contributed by atoms with Crippen molar-refractivity contribution in [3.05, 3.63) is 81.0 Å². The highest BCUT2D eigenvalue weighted by molar-refractivity contribution is 7.16. The van der Waals surface area contributed by atoms with Crippen molar-refractivity contribution >= 4 is 55.6 Å². The molecule has 6 nitrogen and oxygen atoms in total. The molecule has 2 aromatic carbocycles. The molecule has 0 fully saturated rings. The first-order chi connectivity index (χ1) is 13.6. The third-order valence-electron chi connectivity index (χ3n) is 3.97. The molecule has 0 saturated heterocycles. The van der Waals surface area contributed by atoms with Crippen molar-refractivity contribution in [3.63, 3.8) is 0 Å². The molecular weight excluding hydrogens is 394 g/mol. The molecule has 2 heterocycles. The minimum absolute atomic E-state index is 0.0417. The van der Waals surface area contributed by atoms with Crippen molar-refractivity contribution in [1.82, 2.24) is 4.98 Å². The molecule has 0 spiro atoms. The quantitative estimate of drug-likeness (QED) is 0.266. The summed E-state index contributed by atoms with van der Waals surface area (Å²) in [6.45, 7) is 0. The van der Waals surface area contributed by atoms with Gasteiger partial charge in [0.2, 0.25) is 5.91 Å². The van der Waals surface area contributed by atoms with Crippen molar-refractivity contribution in [2.24, 2.45) is 0 Å². The zero-order chi connectivity index (χ0) is 19.5. The number of hydrogen-bond acceptors (Lipinski definition) is 6. The maximum Gasteiger partial charge on any atom is 0.324 e. The Labute approximate surface area is 167 Å². The van der Waals surface area contributed by atoms with E-state index in [1.807, 2.05) is 35.7 Å². The number of nitrogens with zero attached hydrogens (tertiary/aromatic N) is 2. The predicted octanol–water partition coefficient (Wildman–Crippen LogP) is 5.58. The lowest BCUT2D eigenvalue weighted by molar-refractivity contribution is -0.380. The standard InChI is InChI=1S/C20H13N3O3S2/c24-18(9-7-16-8-10-19(28-16)23(25)26)22-20-21-17(12-27-20)15-6-5-13-3-1-2-4-14(13)11-15/h1-12H,(H,21,22,24). The first kappa shape index (κ1) is 18.0. The number of amides is 1. The zero-order valence-electron chi connectivity index (χ0n) is 14.4. The van der Waals surface area contributed by atoms with Crippen LogP contribution in [0.15, 0.2) is 66.1 Å². The average Bonchev–Trinajstić information content (AvgIpc) is 3.36. The molecule has 0 saturated carbocycles. The van der Waals surface area contributed by atoms with Crippen LogP contribution in [-0.2, 0) is 4.79 Å². The number of carbonyl (C=O) groups excluding carboxylic acids is 1. The van der Waals surface area contributed by atoms with E-state index in [9.17, 15) is 14.9 Å². The molecule has 0 bridgehead atoms. The second-order valence-corrected chi connectivity index (χ2v) is 7.81. The van der Waals surface area contributed by atoms with Crippen molar-refractivity contribution < 1.29 is 9.72 Å². The Kier molecular flexibility index (Phi) is 4.96. The number of rotatable bonds is 5. The zero-order valence-corrected chi connectivity index (χ0v) is 16.0.